The summed E-state index contributed by atoms with van der Waals surface area (Å²) in [5, 5.41) is 0. The lowest BCUT2D eigenvalue weighted by atomic mass is 9.92. The van der Waals surface area contributed by atoms with Crippen LogP contribution >= 0.6 is 22.6 Å². The Hall–Kier alpha value is -1.43. The third kappa shape index (κ3) is 7.99. The van der Waals surface area contributed by atoms with Gasteiger partial charge in [0.15, 0.2) is 18.3 Å². The Morgan fingerprint density at radius 2 is 1.26 bits per heavy atom. The summed E-state index contributed by atoms with van der Waals surface area (Å²) in [6.45, 7) is 6.58. The Bertz CT molecular complexity index is 563. The zero-order valence-electron chi connectivity index (χ0n) is 15.9. The van der Waals surface area contributed by atoms with Crippen molar-refractivity contribution in [1.82, 2.24) is 0 Å². The van der Waals surface area contributed by atoms with Crippen molar-refractivity contribution in [3.05, 3.63) is 0 Å². The zero-order chi connectivity index (χ0) is 20.7. The molecule has 1 unspecified atom stereocenters. The van der Waals surface area contributed by atoms with E-state index in [4.69, 9.17) is 23.7 Å². The smallest absolute Gasteiger partial charge is 0.303 e. The fraction of sp³-hybridized carbons (Fsp3) is 0.765. The summed E-state index contributed by atoms with van der Waals surface area (Å²) in [6, 6.07) is 0. The van der Waals surface area contributed by atoms with Gasteiger partial charge in [0.25, 0.3) is 0 Å². The van der Waals surface area contributed by atoms with Gasteiger partial charge in [0, 0.05) is 31.6 Å². The minimum Gasteiger partial charge on any atom is -0.463 e. The average molecular weight is 500 g/mol. The molecule has 1 heterocycles. The third-order valence-corrected chi connectivity index (χ3v) is 4.15. The minimum atomic E-state index is -1.10. The predicted molar refractivity (Wildman–Crippen MR) is 100 cm³/mol. The normalized spacial score (nSPS) is 28.6. The molecule has 0 aromatic rings. The zero-order valence-corrected chi connectivity index (χ0v) is 18.1. The molecule has 0 amide bonds. The molecule has 1 rings (SSSR count). The van der Waals surface area contributed by atoms with Crippen molar-refractivity contribution in [3.8, 4) is 0 Å². The summed E-state index contributed by atoms with van der Waals surface area (Å²) in [5.74, 6) is -2.41. The Labute approximate surface area is 171 Å². The Morgan fingerprint density at radius 3 is 1.67 bits per heavy atom. The number of carbonyl (C=O) groups excluding carboxylic acids is 4. The summed E-state index contributed by atoms with van der Waals surface area (Å²) >= 11 is 2.19. The lowest BCUT2D eigenvalue weighted by Gasteiger charge is -2.44. The monoisotopic (exact) mass is 500 g/mol. The number of hydrogen-bond acceptors (Lipinski definition) is 9. The summed E-state index contributed by atoms with van der Waals surface area (Å²) in [7, 11) is 0. The highest BCUT2D eigenvalue weighted by Crippen LogP contribution is 2.32. The lowest BCUT2D eigenvalue weighted by Crippen LogP contribution is -2.62. The Kier molecular flexibility index (Phi) is 9.43. The highest BCUT2D eigenvalue weighted by Gasteiger charge is 2.52. The predicted octanol–water partition coefficient (Wildman–Crippen LogP) is 1.33. The molecule has 1 fully saturated rings. The van der Waals surface area contributed by atoms with E-state index in [0.29, 0.717) is 6.42 Å². The van der Waals surface area contributed by atoms with Crippen LogP contribution in [0.2, 0.25) is 0 Å². The van der Waals surface area contributed by atoms with E-state index in [-0.39, 0.29) is 10.5 Å². The molecule has 10 heteroatoms. The van der Waals surface area contributed by atoms with Crippen LogP contribution in [0.15, 0.2) is 0 Å². The summed E-state index contributed by atoms with van der Waals surface area (Å²) in [4.78, 5) is 46.0. The van der Waals surface area contributed by atoms with Gasteiger partial charge in [-0.2, -0.15) is 0 Å². The standard InChI is InChI=1S/C17H25IO9/c1-8(18)6-13-15(24-10(3)20)17(26-12(5)22)16(25-11(4)21)14(27-13)7-23-9(2)19/h8,13-17H,6-7H2,1-5H3/t8?,13-,14+,15-,16+,17+/m0/s1. The molecular weight excluding hydrogens is 475 g/mol. The molecule has 0 aromatic heterocycles. The number of ether oxygens (including phenoxy) is 5. The van der Waals surface area contributed by atoms with Gasteiger partial charge in [0.2, 0.25) is 0 Å². The number of carbonyl (C=O) groups is 4. The van der Waals surface area contributed by atoms with Crippen molar-refractivity contribution in [2.75, 3.05) is 6.61 Å². The maximum Gasteiger partial charge on any atom is 0.303 e. The number of rotatable bonds is 7. The molecule has 0 N–H and O–H groups in total. The van der Waals surface area contributed by atoms with Gasteiger partial charge >= 0.3 is 23.9 Å². The van der Waals surface area contributed by atoms with Crippen molar-refractivity contribution in [3.63, 3.8) is 0 Å². The second-order valence-corrected chi connectivity index (χ2v) is 8.38. The lowest BCUT2D eigenvalue weighted by molar-refractivity contribution is -0.253. The van der Waals surface area contributed by atoms with Crippen molar-refractivity contribution in [2.45, 2.75) is 75.5 Å². The molecule has 0 saturated carbocycles. The van der Waals surface area contributed by atoms with Gasteiger partial charge in [-0.1, -0.05) is 29.5 Å². The molecule has 0 aromatic carbocycles. The molecule has 0 radical (unpaired) electrons. The number of alkyl halides is 1. The molecule has 27 heavy (non-hydrogen) atoms. The highest BCUT2D eigenvalue weighted by atomic mass is 127. The largest absolute Gasteiger partial charge is 0.463 e. The van der Waals surface area contributed by atoms with Crippen LogP contribution in [0, 0.1) is 0 Å². The van der Waals surface area contributed by atoms with Crippen LogP contribution in [0.5, 0.6) is 0 Å². The average Bonchev–Trinajstić information content (AvgIpc) is 2.49. The van der Waals surface area contributed by atoms with Gasteiger partial charge in [-0.25, -0.2) is 0 Å². The van der Waals surface area contributed by atoms with E-state index in [2.05, 4.69) is 22.6 Å². The molecule has 1 aliphatic heterocycles. The SMILES string of the molecule is CC(=O)OC[C@H]1O[C@@H](CC(C)I)[C@H](OC(C)=O)[C@@H](OC(C)=O)[C@@H]1OC(C)=O. The maximum atomic E-state index is 11.6. The maximum absolute atomic E-state index is 11.6. The van der Waals surface area contributed by atoms with Crippen LogP contribution in [0.1, 0.15) is 41.0 Å². The first kappa shape index (κ1) is 23.6. The molecule has 6 atom stereocenters. The Morgan fingerprint density at radius 1 is 0.815 bits per heavy atom. The number of esters is 4. The van der Waals surface area contributed by atoms with E-state index in [0.717, 1.165) is 0 Å². The summed E-state index contributed by atoms with van der Waals surface area (Å²) in [5.41, 5.74) is 0. The Balaban J connectivity index is 3.27. The molecule has 154 valence electrons. The molecule has 1 saturated heterocycles. The van der Waals surface area contributed by atoms with Crippen LogP contribution in [0.4, 0.5) is 0 Å². The molecule has 9 nitrogen and oxygen atoms in total. The molecule has 0 bridgehead atoms. The molecular formula is C17H25IO9. The first-order valence-corrected chi connectivity index (χ1v) is 9.70. The van der Waals surface area contributed by atoms with Gasteiger partial charge in [0.1, 0.15) is 18.8 Å². The second kappa shape index (κ2) is 10.8. The minimum absolute atomic E-state index is 0.142. The van der Waals surface area contributed by atoms with Gasteiger partial charge in [-0.3, -0.25) is 19.2 Å². The van der Waals surface area contributed by atoms with Crippen molar-refractivity contribution < 1.29 is 42.9 Å². The number of halogens is 1. The van der Waals surface area contributed by atoms with Crippen LogP contribution < -0.4 is 0 Å². The summed E-state index contributed by atoms with van der Waals surface area (Å²) in [6.07, 6.45) is -4.21. The van der Waals surface area contributed by atoms with E-state index in [9.17, 15) is 19.2 Å². The van der Waals surface area contributed by atoms with Crippen LogP contribution in [-0.2, 0) is 42.9 Å². The first-order valence-electron chi connectivity index (χ1n) is 8.45. The second-order valence-electron chi connectivity index (χ2n) is 6.25. The topological polar surface area (TPSA) is 114 Å². The van der Waals surface area contributed by atoms with Crippen LogP contribution in [-0.4, -0.2) is 64.9 Å². The first-order chi connectivity index (χ1) is 12.5. The van der Waals surface area contributed by atoms with Crippen molar-refractivity contribution >= 4 is 46.5 Å². The third-order valence-electron chi connectivity index (χ3n) is 3.64. The quantitative estimate of drug-likeness (QED) is 0.221. The van der Waals surface area contributed by atoms with Crippen molar-refractivity contribution in [2.24, 2.45) is 0 Å². The fourth-order valence-corrected chi connectivity index (χ4v) is 3.33. The van der Waals surface area contributed by atoms with E-state index in [1.807, 2.05) is 6.92 Å². The van der Waals surface area contributed by atoms with E-state index >= 15 is 0 Å². The van der Waals surface area contributed by atoms with Gasteiger partial charge in [0.05, 0.1) is 0 Å². The van der Waals surface area contributed by atoms with E-state index in [1.165, 1.54) is 27.7 Å². The molecule has 1 aliphatic rings. The van der Waals surface area contributed by atoms with Crippen LogP contribution in [0.3, 0.4) is 0 Å². The highest BCUT2D eigenvalue weighted by molar-refractivity contribution is 14.1. The molecule has 0 aliphatic carbocycles. The summed E-state index contributed by atoms with van der Waals surface area (Å²) < 4.78 is 27.1. The van der Waals surface area contributed by atoms with Gasteiger partial charge in [-0.05, 0) is 6.42 Å². The van der Waals surface area contributed by atoms with Gasteiger partial charge in [-0.15, -0.1) is 0 Å². The number of hydrogen-bond donors (Lipinski definition) is 0. The van der Waals surface area contributed by atoms with Gasteiger partial charge < -0.3 is 23.7 Å². The van der Waals surface area contributed by atoms with E-state index < -0.39 is 54.4 Å². The molecule has 0 spiro atoms. The van der Waals surface area contributed by atoms with Crippen LogP contribution in [0.25, 0.3) is 0 Å². The van der Waals surface area contributed by atoms with Crippen molar-refractivity contribution in [1.29, 1.82) is 0 Å². The fourth-order valence-electron chi connectivity index (χ4n) is 2.83. The van der Waals surface area contributed by atoms with E-state index in [1.54, 1.807) is 0 Å².